The summed E-state index contributed by atoms with van der Waals surface area (Å²) in [5.41, 5.74) is 7.43. The van der Waals surface area contributed by atoms with Crippen LogP contribution < -0.4 is 11.5 Å². The number of carbonyl (C=O) groups is 3. The average Bonchev–Trinajstić information content (AvgIpc) is 2.92. The van der Waals surface area contributed by atoms with Crippen LogP contribution in [0.3, 0.4) is 0 Å². The molecule has 0 spiro atoms. The highest BCUT2D eigenvalue weighted by molar-refractivity contribution is 8.02. The Morgan fingerprint density at radius 3 is 2.48 bits per heavy atom. The molecule has 6 N–H and O–H groups in total. The van der Waals surface area contributed by atoms with Crippen molar-refractivity contribution >= 4 is 45.6 Å². The minimum atomic E-state index is -5.01. The lowest BCUT2D eigenvalue weighted by Crippen LogP contribution is -2.73. The summed E-state index contributed by atoms with van der Waals surface area (Å²) < 4.78 is 45.0. The number of oxime groups is 1. The van der Waals surface area contributed by atoms with Gasteiger partial charge in [-0.2, -0.15) is 8.42 Å². The van der Waals surface area contributed by atoms with Crippen molar-refractivity contribution in [3.05, 3.63) is 11.1 Å². The van der Waals surface area contributed by atoms with E-state index in [0.29, 0.717) is 0 Å². The Morgan fingerprint density at radius 2 is 2.03 bits per heavy atom. The van der Waals surface area contributed by atoms with E-state index in [0.717, 1.165) is 30.5 Å². The van der Waals surface area contributed by atoms with Gasteiger partial charge in [-0.3, -0.25) is 14.1 Å². The molecule has 0 bridgehead atoms. The molecule has 0 aromatic rings. The number of hydrogen-bond acceptors (Lipinski definition) is 10. The maximum absolute atomic E-state index is 13.4. The number of aliphatic carboxylic acids is 1. The number of halogens is 1. The van der Waals surface area contributed by atoms with Crippen molar-refractivity contribution in [1.82, 2.24) is 9.21 Å². The third-order valence-electron chi connectivity index (χ3n) is 4.07. The molecule has 0 radical (unpaired) electrons. The van der Waals surface area contributed by atoms with E-state index < -0.39 is 63.7 Å². The number of primary amides is 1. The summed E-state index contributed by atoms with van der Waals surface area (Å²) in [4.78, 5) is 41.1. The standard InChI is InChI=1S/C13H18FN5O8S2/c1-13(2,11(22)23)27-17-7(9(15)20)6-4-28-12(16)18(6)8-5(3-14)19(10(8)21)29(24,25)26/h4-5,8,12H,3,16H2,1-2H3,(H2,15,20)(H,22,23)(H,24,25,26)/t5-,8-,12?/m0/s1. The van der Waals surface area contributed by atoms with E-state index in [1.807, 2.05) is 0 Å². The molecule has 0 saturated carbocycles. The Morgan fingerprint density at radius 1 is 1.45 bits per heavy atom. The third kappa shape index (κ3) is 4.14. The van der Waals surface area contributed by atoms with E-state index >= 15 is 0 Å². The van der Waals surface area contributed by atoms with Gasteiger partial charge >= 0.3 is 16.3 Å². The SMILES string of the molecule is CC(C)(ON=C(C(N)=O)C1=CSC(N)N1[C@@H]1C(=O)N(S(=O)(=O)O)[C@H]1CF)C(=O)O. The van der Waals surface area contributed by atoms with Gasteiger partial charge in [-0.15, -0.1) is 0 Å². The van der Waals surface area contributed by atoms with Crippen molar-refractivity contribution in [3.63, 3.8) is 0 Å². The number of amides is 2. The molecule has 162 valence electrons. The monoisotopic (exact) mass is 455 g/mol. The van der Waals surface area contributed by atoms with E-state index in [-0.39, 0.29) is 10.0 Å². The molecule has 0 aromatic carbocycles. The first-order valence-electron chi connectivity index (χ1n) is 7.80. The minimum Gasteiger partial charge on any atom is -0.478 e. The van der Waals surface area contributed by atoms with Crippen LogP contribution in [0.2, 0.25) is 0 Å². The molecule has 2 aliphatic heterocycles. The number of alkyl halides is 1. The van der Waals surface area contributed by atoms with Crippen LogP contribution in [0.15, 0.2) is 16.3 Å². The van der Waals surface area contributed by atoms with Gasteiger partial charge in [0.15, 0.2) is 5.71 Å². The lowest BCUT2D eigenvalue weighted by molar-refractivity contribution is -0.161. The van der Waals surface area contributed by atoms with Crippen LogP contribution in [-0.2, 0) is 29.5 Å². The average molecular weight is 455 g/mol. The van der Waals surface area contributed by atoms with Gasteiger partial charge in [0.2, 0.25) is 5.60 Å². The zero-order valence-corrected chi connectivity index (χ0v) is 16.7. The van der Waals surface area contributed by atoms with Crippen LogP contribution in [0.1, 0.15) is 13.8 Å². The number of hydrogen-bond donors (Lipinski definition) is 4. The molecule has 16 heteroatoms. The summed E-state index contributed by atoms with van der Waals surface area (Å²) in [5, 5.41) is 13.8. The van der Waals surface area contributed by atoms with Crippen molar-refractivity contribution in [3.8, 4) is 0 Å². The molecule has 0 aromatic heterocycles. The first-order chi connectivity index (χ1) is 13.2. The summed E-state index contributed by atoms with van der Waals surface area (Å²) in [5.74, 6) is -3.76. The van der Waals surface area contributed by atoms with Gasteiger partial charge < -0.3 is 26.3 Å². The molecule has 1 saturated heterocycles. The molecule has 2 amide bonds. The molecule has 0 aliphatic carbocycles. The normalized spacial score (nSPS) is 25.6. The van der Waals surface area contributed by atoms with E-state index in [2.05, 4.69) is 5.16 Å². The number of nitrogens with two attached hydrogens (primary N) is 2. The largest absolute Gasteiger partial charge is 0.478 e. The minimum absolute atomic E-state index is 0.0455. The predicted octanol–water partition coefficient (Wildman–Crippen LogP) is -1.81. The smallest absolute Gasteiger partial charge is 0.362 e. The van der Waals surface area contributed by atoms with Crippen LogP contribution in [0.4, 0.5) is 4.39 Å². The van der Waals surface area contributed by atoms with Gasteiger partial charge in [0.1, 0.15) is 24.3 Å². The molecule has 29 heavy (non-hydrogen) atoms. The second kappa shape index (κ2) is 7.77. The van der Waals surface area contributed by atoms with Crippen molar-refractivity contribution in [2.24, 2.45) is 16.6 Å². The molecule has 1 fully saturated rings. The quantitative estimate of drug-likeness (QED) is 0.139. The number of carboxylic acids is 1. The number of nitrogens with zero attached hydrogens (tertiary/aromatic N) is 3. The highest BCUT2D eigenvalue weighted by Crippen LogP contribution is 2.38. The first kappa shape index (κ1) is 22.9. The summed E-state index contributed by atoms with van der Waals surface area (Å²) in [7, 11) is -5.01. The topological polar surface area (TPSA) is 206 Å². The van der Waals surface area contributed by atoms with Gasteiger partial charge in [-0.25, -0.2) is 13.5 Å². The van der Waals surface area contributed by atoms with Gasteiger partial charge in [0, 0.05) is 5.41 Å². The van der Waals surface area contributed by atoms with E-state index in [4.69, 9.17) is 26.0 Å². The Labute approximate surface area is 168 Å². The molecule has 2 aliphatic rings. The van der Waals surface area contributed by atoms with Crippen LogP contribution in [-0.4, -0.2) is 80.6 Å². The summed E-state index contributed by atoms with van der Waals surface area (Å²) in [6, 6.07) is -3.11. The van der Waals surface area contributed by atoms with Crippen LogP contribution in [0.25, 0.3) is 0 Å². The predicted molar refractivity (Wildman–Crippen MR) is 96.9 cm³/mol. The molecular weight excluding hydrogens is 437 g/mol. The Bertz CT molecular complexity index is 905. The molecular formula is C13H18FN5O8S2. The second-order valence-electron chi connectivity index (χ2n) is 6.43. The van der Waals surface area contributed by atoms with E-state index in [1.54, 1.807) is 0 Å². The molecule has 2 rings (SSSR count). The van der Waals surface area contributed by atoms with Crippen LogP contribution in [0.5, 0.6) is 0 Å². The lowest BCUT2D eigenvalue weighted by atomic mass is 9.97. The Hall–Kier alpha value is -2.43. The fourth-order valence-corrected chi connectivity index (χ4v) is 4.27. The van der Waals surface area contributed by atoms with Crippen molar-refractivity contribution in [2.75, 3.05) is 6.67 Å². The summed E-state index contributed by atoms with van der Waals surface area (Å²) in [6.45, 7) is 0.956. The number of carbonyl (C=O) groups excluding carboxylic acids is 2. The number of thioether (sulfide) groups is 1. The van der Waals surface area contributed by atoms with Gasteiger partial charge in [-0.05, 0) is 13.8 Å². The van der Waals surface area contributed by atoms with Crippen molar-refractivity contribution in [2.45, 2.75) is 37.0 Å². The zero-order chi connectivity index (χ0) is 22.3. The highest BCUT2D eigenvalue weighted by atomic mass is 32.2. The number of rotatable bonds is 8. The van der Waals surface area contributed by atoms with Crippen LogP contribution in [0, 0.1) is 0 Å². The van der Waals surface area contributed by atoms with Crippen LogP contribution >= 0.6 is 11.8 Å². The fourth-order valence-electron chi connectivity index (χ4n) is 2.54. The zero-order valence-electron chi connectivity index (χ0n) is 15.1. The molecule has 2 heterocycles. The van der Waals surface area contributed by atoms with Crippen molar-refractivity contribution in [1.29, 1.82) is 0 Å². The lowest BCUT2D eigenvalue weighted by Gasteiger charge is -2.48. The maximum atomic E-state index is 13.4. The van der Waals surface area contributed by atoms with Gasteiger partial charge in [0.05, 0.1) is 5.70 Å². The fraction of sp³-hybridized carbons (Fsp3) is 0.538. The third-order valence-corrected chi connectivity index (χ3v) is 5.88. The second-order valence-corrected chi connectivity index (χ2v) is 8.71. The van der Waals surface area contributed by atoms with Gasteiger partial charge in [-0.1, -0.05) is 16.9 Å². The van der Waals surface area contributed by atoms with Crippen molar-refractivity contribution < 1.29 is 41.7 Å². The molecule has 3 atom stereocenters. The number of β-lactam (4-membered cyclic amide) rings is 1. The molecule has 1 unspecified atom stereocenters. The Balaban J connectivity index is 2.41. The summed E-state index contributed by atoms with van der Waals surface area (Å²) >= 11 is 0.876. The highest BCUT2D eigenvalue weighted by Gasteiger charge is 2.58. The molecule has 13 nitrogen and oxygen atoms in total. The maximum Gasteiger partial charge on any atom is 0.362 e. The summed E-state index contributed by atoms with van der Waals surface area (Å²) in [6.07, 6.45) is 0. The van der Waals surface area contributed by atoms with Gasteiger partial charge in [0.25, 0.3) is 11.8 Å². The first-order valence-corrected chi connectivity index (χ1v) is 10.1. The number of carboxylic acid groups (broad SMARTS) is 1. The Kier molecular flexibility index (Phi) is 6.12. The van der Waals surface area contributed by atoms with E-state index in [1.165, 1.54) is 5.41 Å². The van der Waals surface area contributed by atoms with E-state index in [9.17, 15) is 27.2 Å².